The molecule has 0 radical (unpaired) electrons. The van der Waals surface area contributed by atoms with Gasteiger partial charge in [-0.1, -0.05) is 36.4 Å². The zero-order valence-corrected chi connectivity index (χ0v) is 20.1. The lowest BCUT2D eigenvalue weighted by molar-refractivity contribution is -0.138. The Hall–Kier alpha value is -3.37. The maximum atomic E-state index is 13.3. The number of piperazine rings is 1. The van der Waals surface area contributed by atoms with Gasteiger partial charge in [-0.3, -0.25) is 14.6 Å². The van der Waals surface area contributed by atoms with Crippen LogP contribution in [-0.2, 0) is 25.7 Å². The van der Waals surface area contributed by atoms with E-state index in [9.17, 15) is 18.0 Å². The first-order valence-corrected chi connectivity index (χ1v) is 11.8. The molecule has 0 atom stereocenters. The highest BCUT2D eigenvalue weighted by Gasteiger charge is 2.33. The molecule has 1 fully saturated rings. The normalized spacial score (nSPS) is 15.1. The number of para-hydroxylation sites is 1. The van der Waals surface area contributed by atoms with Crippen molar-refractivity contribution in [3.05, 3.63) is 83.1 Å². The van der Waals surface area contributed by atoms with Crippen LogP contribution >= 0.6 is 0 Å². The summed E-state index contributed by atoms with van der Waals surface area (Å²) in [6, 6.07) is 13.3. The molecule has 0 spiro atoms. The molecule has 0 aliphatic carbocycles. The Labute approximate surface area is 207 Å². The SMILES string of the molecule is COc1ccccc1CCNC(=O)c1coc(CN2CCN(Cc3ccccc3C(F)(F)F)CC2)n1. The van der Waals surface area contributed by atoms with Crippen LogP contribution in [0.1, 0.15) is 33.1 Å². The lowest BCUT2D eigenvalue weighted by Gasteiger charge is -2.34. The van der Waals surface area contributed by atoms with Crippen molar-refractivity contribution in [3.8, 4) is 5.75 Å². The average molecular weight is 503 g/mol. The minimum absolute atomic E-state index is 0.215. The molecule has 1 aliphatic heterocycles. The van der Waals surface area contributed by atoms with Gasteiger partial charge in [0.25, 0.3) is 5.91 Å². The van der Waals surface area contributed by atoms with Gasteiger partial charge in [-0.15, -0.1) is 0 Å². The van der Waals surface area contributed by atoms with Gasteiger partial charge in [0.15, 0.2) is 5.69 Å². The molecule has 0 unspecified atom stereocenters. The fraction of sp³-hybridized carbons (Fsp3) is 0.385. The molecule has 1 saturated heterocycles. The van der Waals surface area contributed by atoms with Crippen molar-refractivity contribution >= 4 is 5.91 Å². The van der Waals surface area contributed by atoms with Crippen molar-refractivity contribution in [3.63, 3.8) is 0 Å². The zero-order valence-electron chi connectivity index (χ0n) is 20.1. The maximum Gasteiger partial charge on any atom is 0.416 e. The van der Waals surface area contributed by atoms with E-state index < -0.39 is 11.7 Å². The summed E-state index contributed by atoms with van der Waals surface area (Å²) in [4.78, 5) is 20.9. The number of oxazole rings is 1. The minimum atomic E-state index is -4.36. The van der Waals surface area contributed by atoms with Crippen LogP contribution in [0.4, 0.5) is 13.2 Å². The smallest absolute Gasteiger partial charge is 0.416 e. The average Bonchev–Trinajstić information content (AvgIpc) is 3.34. The molecule has 0 saturated carbocycles. The Bertz CT molecular complexity index is 1160. The maximum absolute atomic E-state index is 13.3. The van der Waals surface area contributed by atoms with Crippen molar-refractivity contribution in [2.75, 3.05) is 39.8 Å². The van der Waals surface area contributed by atoms with Gasteiger partial charge in [0.1, 0.15) is 12.0 Å². The van der Waals surface area contributed by atoms with E-state index in [0.717, 1.165) is 17.4 Å². The molecule has 36 heavy (non-hydrogen) atoms. The quantitative estimate of drug-likeness (QED) is 0.477. The summed E-state index contributed by atoms with van der Waals surface area (Å²) >= 11 is 0. The molecular formula is C26H29F3N4O3. The number of nitrogens with one attached hydrogen (secondary N) is 1. The van der Waals surface area contributed by atoms with Crippen molar-refractivity contribution in [1.82, 2.24) is 20.1 Å². The number of hydrogen-bond acceptors (Lipinski definition) is 6. The molecule has 3 aromatic rings. The van der Waals surface area contributed by atoms with Crippen LogP contribution in [0.5, 0.6) is 5.75 Å². The summed E-state index contributed by atoms with van der Waals surface area (Å²) in [7, 11) is 1.61. The zero-order chi connectivity index (χ0) is 25.5. The molecule has 4 rings (SSSR count). The second-order valence-electron chi connectivity index (χ2n) is 8.65. The highest BCUT2D eigenvalue weighted by atomic mass is 19.4. The third-order valence-corrected chi connectivity index (χ3v) is 6.20. The monoisotopic (exact) mass is 502 g/mol. The first-order valence-electron chi connectivity index (χ1n) is 11.8. The molecule has 1 amide bonds. The number of ether oxygens (including phenoxy) is 1. The lowest BCUT2D eigenvalue weighted by Crippen LogP contribution is -2.45. The Morgan fingerprint density at radius 3 is 2.33 bits per heavy atom. The molecule has 1 N–H and O–H groups in total. The molecule has 1 aromatic heterocycles. The molecule has 2 heterocycles. The molecule has 192 valence electrons. The highest BCUT2D eigenvalue weighted by Crippen LogP contribution is 2.32. The first-order chi connectivity index (χ1) is 17.3. The lowest BCUT2D eigenvalue weighted by atomic mass is 10.1. The number of carbonyl (C=O) groups is 1. The largest absolute Gasteiger partial charge is 0.496 e. The van der Waals surface area contributed by atoms with Crippen molar-refractivity contribution in [2.45, 2.75) is 25.7 Å². The van der Waals surface area contributed by atoms with Gasteiger partial charge in [0.2, 0.25) is 5.89 Å². The topological polar surface area (TPSA) is 70.8 Å². The number of hydrogen-bond donors (Lipinski definition) is 1. The predicted octanol–water partition coefficient (Wildman–Crippen LogP) is 3.99. The number of aromatic nitrogens is 1. The molecule has 7 nitrogen and oxygen atoms in total. The number of nitrogens with zero attached hydrogens (tertiary/aromatic N) is 3. The fourth-order valence-corrected chi connectivity index (χ4v) is 4.27. The molecular weight excluding hydrogens is 473 g/mol. The van der Waals surface area contributed by atoms with Crippen LogP contribution in [0.25, 0.3) is 0 Å². The summed E-state index contributed by atoms with van der Waals surface area (Å²) in [6.45, 7) is 3.70. The fourth-order valence-electron chi connectivity index (χ4n) is 4.27. The first kappa shape index (κ1) is 25.7. The number of halogens is 3. The van der Waals surface area contributed by atoms with E-state index in [-0.39, 0.29) is 23.7 Å². The third-order valence-electron chi connectivity index (χ3n) is 6.20. The number of methoxy groups -OCH3 is 1. The van der Waals surface area contributed by atoms with Gasteiger partial charge < -0.3 is 14.5 Å². The van der Waals surface area contributed by atoms with Crippen LogP contribution in [0.3, 0.4) is 0 Å². The van der Waals surface area contributed by atoms with Crippen LogP contribution < -0.4 is 10.1 Å². The predicted molar refractivity (Wildman–Crippen MR) is 128 cm³/mol. The summed E-state index contributed by atoms with van der Waals surface area (Å²) < 4.78 is 50.6. The molecule has 0 bridgehead atoms. The van der Waals surface area contributed by atoms with Gasteiger partial charge in [-0.25, -0.2) is 4.98 Å². The number of benzene rings is 2. The number of alkyl halides is 3. The van der Waals surface area contributed by atoms with E-state index in [4.69, 9.17) is 9.15 Å². The summed E-state index contributed by atoms with van der Waals surface area (Å²) in [5.41, 5.74) is 0.919. The Morgan fingerprint density at radius 2 is 1.64 bits per heavy atom. The van der Waals surface area contributed by atoms with Crippen LogP contribution in [0.2, 0.25) is 0 Å². The van der Waals surface area contributed by atoms with Gasteiger partial charge in [0, 0.05) is 39.3 Å². The Morgan fingerprint density at radius 1 is 1.00 bits per heavy atom. The number of amides is 1. The van der Waals surface area contributed by atoms with E-state index in [1.165, 1.54) is 18.4 Å². The summed E-state index contributed by atoms with van der Waals surface area (Å²) in [5.74, 6) is 0.897. The number of rotatable bonds is 9. The van der Waals surface area contributed by atoms with Gasteiger partial charge in [-0.2, -0.15) is 13.2 Å². The van der Waals surface area contributed by atoms with E-state index >= 15 is 0 Å². The van der Waals surface area contributed by atoms with E-state index in [2.05, 4.69) is 15.2 Å². The van der Waals surface area contributed by atoms with Crippen LogP contribution in [-0.4, -0.2) is 60.5 Å². The van der Waals surface area contributed by atoms with Crippen molar-refractivity contribution < 1.29 is 27.1 Å². The standard InChI is InChI=1S/C26H29F3N4O3/c1-35-23-9-5-3-6-19(23)10-11-30-25(34)22-18-36-24(31-22)17-33-14-12-32(13-15-33)16-20-7-2-4-8-21(20)26(27,28)29/h2-9,18H,10-17H2,1H3,(H,30,34). The van der Waals surface area contributed by atoms with E-state index in [1.54, 1.807) is 13.2 Å². The van der Waals surface area contributed by atoms with Crippen molar-refractivity contribution in [1.29, 1.82) is 0 Å². The Kier molecular flexibility index (Phi) is 8.27. The second-order valence-corrected chi connectivity index (χ2v) is 8.65. The third kappa shape index (κ3) is 6.64. The van der Waals surface area contributed by atoms with E-state index in [1.807, 2.05) is 29.2 Å². The van der Waals surface area contributed by atoms with E-state index in [0.29, 0.717) is 51.6 Å². The minimum Gasteiger partial charge on any atom is -0.496 e. The number of carbonyl (C=O) groups excluding carboxylic acids is 1. The van der Waals surface area contributed by atoms with Crippen LogP contribution in [0, 0.1) is 0 Å². The molecule has 10 heteroatoms. The summed E-state index contributed by atoms with van der Waals surface area (Å²) in [5, 5.41) is 2.84. The van der Waals surface area contributed by atoms with Crippen molar-refractivity contribution in [2.24, 2.45) is 0 Å². The van der Waals surface area contributed by atoms with Gasteiger partial charge >= 0.3 is 6.18 Å². The Balaban J connectivity index is 1.23. The molecule has 1 aliphatic rings. The second kappa shape index (κ2) is 11.6. The molecule has 2 aromatic carbocycles. The van der Waals surface area contributed by atoms with Crippen LogP contribution in [0.15, 0.2) is 59.2 Å². The van der Waals surface area contributed by atoms with Gasteiger partial charge in [-0.05, 0) is 29.7 Å². The van der Waals surface area contributed by atoms with Gasteiger partial charge in [0.05, 0.1) is 19.2 Å². The summed E-state index contributed by atoms with van der Waals surface area (Å²) in [6.07, 6.45) is -2.39. The highest BCUT2D eigenvalue weighted by molar-refractivity contribution is 5.91.